The molecule has 3 heteroatoms. The number of rotatable bonds is 5. The Morgan fingerprint density at radius 2 is 2.50 bits per heavy atom. The number of primary amides is 1. The zero-order chi connectivity index (χ0) is 8.97. The lowest BCUT2D eigenvalue weighted by atomic mass is 10.2. The fraction of sp³-hybridized carbons (Fsp3) is 0.667. The molecule has 68 valence electrons. The van der Waals surface area contributed by atoms with Gasteiger partial charge in [-0.25, -0.2) is 4.79 Å². The van der Waals surface area contributed by atoms with E-state index in [-0.39, 0.29) is 6.10 Å². The van der Waals surface area contributed by atoms with Crippen LogP contribution in [0.25, 0.3) is 0 Å². The Kier molecular flexibility index (Phi) is 3.14. The molecule has 0 aromatic rings. The maximum absolute atomic E-state index is 10.3. The summed E-state index contributed by atoms with van der Waals surface area (Å²) in [6, 6.07) is 0. The van der Waals surface area contributed by atoms with Crippen LogP contribution < -0.4 is 5.73 Å². The van der Waals surface area contributed by atoms with Gasteiger partial charge in [0.05, 0.1) is 0 Å². The van der Waals surface area contributed by atoms with Gasteiger partial charge in [0.15, 0.2) is 0 Å². The monoisotopic (exact) mass is 169 g/mol. The number of carbonyl (C=O) groups excluding carboxylic acids is 1. The predicted molar refractivity (Wildman–Crippen MR) is 46.6 cm³/mol. The Balaban J connectivity index is 2.00. The second-order valence-electron chi connectivity index (χ2n) is 3.19. The van der Waals surface area contributed by atoms with Gasteiger partial charge in [-0.3, -0.25) is 0 Å². The molecule has 1 amide bonds. The van der Waals surface area contributed by atoms with Crippen molar-refractivity contribution in [2.75, 3.05) is 0 Å². The minimum Gasteiger partial charge on any atom is -0.446 e. The lowest BCUT2D eigenvalue weighted by Gasteiger charge is -1.98. The smallest absolute Gasteiger partial charge is 0.404 e. The van der Waals surface area contributed by atoms with Crippen LogP contribution in [0.15, 0.2) is 12.7 Å². The van der Waals surface area contributed by atoms with E-state index in [9.17, 15) is 4.79 Å². The molecule has 12 heavy (non-hydrogen) atoms. The summed E-state index contributed by atoms with van der Waals surface area (Å²) in [4.78, 5) is 10.3. The minimum atomic E-state index is -0.647. The van der Waals surface area contributed by atoms with Gasteiger partial charge in [-0.05, 0) is 31.6 Å². The Morgan fingerprint density at radius 1 is 1.75 bits per heavy atom. The van der Waals surface area contributed by atoms with E-state index >= 15 is 0 Å². The normalized spacial score (nSPS) is 26.3. The van der Waals surface area contributed by atoms with E-state index in [1.165, 1.54) is 0 Å². The highest BCUT2D eigenvalue weighted by molar-refractivity contribution is 5.65. The summed E-state index contributed by atoms with van der Waals surface area (Å²) >= 11 is 0. The molecule has 0 spiro atoms. The Hall–Kier alpha value is -0.990. The molecule has 1 aliphatic carbocycles. The topological polar surface area (TPSA) is 52.3 Å². The van der Waals surface area contributed by atoms with Crippen LogP contribution in [0.5, 0.6) is 0 Å². The van der Waals surface area contributed by atoms with Gasteiger partial charge in [0.1, 0.15) is 6.10 Å². The first-order valence-corrected chi connectivity index (χ1v) is 4.31. The van der Waals surface area contributed by atoms with Crippen molar-refractivity contribution in [2.24, 2.45) is 11.7 Å². The largest absolute Gasteiger partial charge is 0.446 e. The number of nitrogens with two attached hydrogens (primary N) is 1. The molecular weight excluding hydrogens is 154 g/mol. The molecule has 1 aliphatic rings. The van der Waals surface area contributed by atoms with Crippen molar-refractivity contribution in [3.63, 3.8) is 0 Å². The third-order valence-corrected chi connectivity index (χ3v) is 2.11. The molecule has 0 aliphatic heterocycles. The Labute approximate surface area is 72.6 Å². The maximum Gasteiger partial charge on any atom is 0.404 e. The van der Waals surface area contributed by atoms with Gasteiger partial charge in [0, 0.05) is 0 Å². The van der Waals surface area contributed by atoms with E-state index < -0.39 is 6.09 Å². The summed E-state index contributed by atoms with van der Waals surface area (Å²) in [5.41, 5.74) is 4.87. The van der Waals surface area contributed by atoms with Crippen molar-refractivity contribution in [2.45, 2.75) is 31.8 Å². The number of allylic oxidation sites excluding steroid dienone is 1. The van der Waals surface area contributed by atoms with Crippen LogP contribution in [-0.2, 0) is 4.74 Å². The zero-order valence-corrected chi connectivity index (χ0v) is 7.16. The first-order chi connectivity index (χ1) is 5.74. The minimum absolute atomic E-state index is 0.104. The molecular formula is C9H15NO2. The molecule has 3 nitrogen and oxygen atoms in total. The van der Waals surface area contributed by atoms with Gasteiger partial charge in [0.2, 0.25) is 0 Å². The summed E-state index contributed by atoms with van der Waals surface area (Å²) in [5, 5.41) is 0. The number of carbonyl (C=O) groups is 1. The van der Waals surface area contributed by atoms with Crippen molar-refractivity contribution in [1.29, 1.82) is 0 Å². The van der Waals surface area contributed by atoms with Crippen LogP contribution >= 0.6 is 0 Å². The second-order valence-corrected chi connectivity index (χ2v) is 3.19. The highest BCUT2D eigenvalue weighted by atomic mass is 16.6. The molecule has 2 N–H and O–H groups in total. The first kappa shape index (κ1) is 9.10. The molecule has 2 atom stereocenters. The van der Waals surface area contributed by atoms with Crippen LogP contribution in [-0.4, -0.2) is 12.2 Å². The first-order valence-electron chi connectivity index (χ1n) is 4.31. The van der Waals surface area contributed by atoms with Crippen LogP contribution in [0.3, 0.4) is 0 Å². The average Bonchev–Trinajstić information content (AvgIpc) is 2.67. The van der Waals surface area contributed by atoms with Crippen molar-refractivity contribution in [1.82, 2.24) is 0 Å². The van der Waals surface area contributed by atoms with Crippen LogP contribution in [0.2, 0.25) is 0 Å². The molecule has 0 saturated heterocycles. The fourth-order valence-corrected chi connectivity index (χ4v) is 1.34. The van der Waals surface area contributed by atoms with Gasteiger partial charge >= 0.3 is 6.09 Å². The van der Waals surface area contributed by atoms with Crippen molar-refractivity contribution in [3.05, 3.63) is 12.7 Å². The van der Waals surface area contributed by atoms with Crippen molar-refractivity contribution < 1.29 is 9.53 Å². The number of ether oxygens (including phenoxy) is 1. The Morgan fingerprint density at radius 3 is 3.08 bits per heavy atom. The quantitative estimate of drug-likeness (QED) is 0.504. The highest BCUT2D eigenvalue weighted by Crippen LogP contribution is 2.37. The number of hydrogen-bond donors (Lipinski definition) is 1. The molecule has 1 fully saturated rings. The summed E-state index contributed by atoms with van der Waals surface area (Å²) in [6.45, 7) is 3.64. The molecule has 0 heterocycles. The van der Waals surface area contributed by atoms with E-state index in [0.29, 0.717) is 5.92 Å². The van der Waals surface area contributed by atoms with Gasteiger partial charge in [-0.2, -0.15) is 0 Å². The van der Waals surface area contributed by atoms with Crippen LogP contribution in [0.1, 0.15) is 25.7 Å². The van der Waals surface area contributed by atoms with Crippen molar-refractivity contribution in [3.8, 4) is 0 Å². The molecule has 0 aromatic heterocycles. The summed E-state index contributed by atoms with van der Waals surface area (Å²) in [6.07, 6.45) is 5.64. The number of unbranched alkanes of at least 4 members (excludes halogenated alkanes) is 1. The van der Waals surface area contributed by atoms with Gasteiger partial charge in [-0.1, -0.05) is 6.08 Å². The predicted octanol–water partition coefficient (Wildman–Crippen LogP) is 1.83. The van der Waals surface area contributed by atoms with Gasteiger partial charge in [0.25, 0.3) is 0 Å². The summed E-state index contributed by atoms with van der Waals surface area (Å²) in [5.74, 6) is 0.553. The van der Waals surface area contributed by atoms with Crippen LogP contribution in [0, 0.1) is 5.92 Å². The second kappa shape index (κ2) is 4.14. The molecule has 1 rings (SSSR count). The highest BCUT2D eigenvalue weighted by Gasteiger charge is 2.39. The zero-order valence-electron chi connectivity index (χ0n) is 7.16. The summed E-state index contributed by atoms with van der Waals surface area (Å²) in [7, 11) is 0. The van der Waals surface area contributed by atoms with Crippen molar-refractivity contribution >= 4 is 6.09 Å². The van der Waals surface area contributed by atoms with E-state index in [2.05, 4.69) is 6.58 Å². The molecule has 0 bridgehead atoms. The van der Waals surface area contributed by atoms with E-state index in [0.717, 1.165) is 25.7 Å². The lowest BCUT2D eigenvalue weighted by molar-refractivity contribution is 0.143. The van der Waals surface area contributed by atoms with E-state index in [4.69, 9.17) is 10.5 Å². The fourth-order valence-electron chi connectivity index (χ4n) is 1.34. The average molecular weight is 169 g/mol. The number of amides is 1. The van der Waals surface area contributed by atoms with E-state index in [1.54, 1.807) is 0 Å². The number of hydrogen-bond acceptors (Lipinski definition) is 2. The van der Waals surface area contributed by atoms with E-state index in [1.807, 2.05) is 6.08 Å². The SMILES string of the molecule is C=CCCC[C@@H]1C[C@H]1OC(N)=O. The van der Waals surface area contributed by atoms with Gasteiger partial charge in [-0.15, -0.1) is 6.58 Å². The standard InChI is InChI=1S/C9H15NO2/c1-2-3-4-5-7-6-8(7)12-9(10)11/h2,7-8H,1,3-6H2,(H2,10,11)/t7-,8-/m1/s1. The molecule has 0 aromatic carbocycles. The molecule has 1 saturated carbocycles. The molecule has 0 unspecified atom stereocenters. The van der Waals surface area contributed by atoms with Crippen LogP contribution in [0.4, 0.5) is 4.79 Å². The lowest BCUT2D eigenvalue weighted by Crippen LogP contribution is -2.15. The van der Waals surface area contributed by atoms with Gasteiger partial charge < -0.3 is 10.5 Å². The maximum atomic E-state index is 10.3. The molecule has 0 radical (unpaired) electrons. The third kappa shape index (κ3) is 2.95. The summed E-state index contributed by atoms with van der Waals surface area (Å²) < 4.78 is 4.82. The Bertz CT molecular complexity index is 179. The third-order valence-electron chi connectivity index (χ3n) is 2.11.